The zero-order valence-electron chi connectivity index (χ0n) is 30.5. The second kappa shape index (κ2) is 39.7. The van der Waals surface area contributed by atoms with E-state index in [1.807, 2.05) is 0 Å². The highest BCUT2D eigenvalue weighted by atomic mass is 16.6. The quantitative estimate of drug-likeness (QED) is 0.0427. The third kappa shape index (κ3) is 37.9. The van der Waals surface area contributed by atoms with Crippen LogP contribution in [0.1, 0.15) is 155 Å². The van der Waals surface area contributed by atoms with E-state index < -0.39 is 6.10 Å². The molecule has 0 aliphatic rings. The molecule has 0 amide bonds. The van der Waals surface area contributed by atoms with Gasteiger partial charge in [0, 0.05) is 13.0 Å². The Kier molecular flexibility index (Phi) is 37.7. The molecule has 0 rings (SSSR count). The minimum absolute atomic E-state index is 0.198. The number of ether oxygens (including phenoxy) is 2. The number of carbonyl (C=O) groups excluding carboxylic acids is 1. The fourth-order valence-electron chi connectivity index (χ4n) is 4.90. The molecule has 4 heteroatoms. The van der Waals surface area contributed by atoms with Gasteiger partial charge in [0.2, 0.25) is 0 Å². The van der Waals surface area contributed by atoms with Gasteiger partial charge in [-0.3, -0.25) is 4.79 Å². The van der Waals surface area contributed by atoms with Gasteiger partial charge in [0.05, 0.1) is 13.2 Å². The van der Waals surface area contributed by atoms with E-state index in [0.29, 0.717) is 13.0 Å². The summed E-state index contributed by atoms with van der Waals surface area (Å²) in [6.07, 6.45) is 54.9. The first-order chi connectivity index (χ1) is 23.2. The molecule has 268 valence electrons. The topological polar surface area (TPSA) is 55.8 Å². The van der Waals surface area contributed by atoms with E-state index in [1.54, 1.807) is 0 Å². The maximum absolute atomic E-state index is 12.1. The van der Waals surface area contributed by atoms with E-state index in [2.05, 4.69) is 98.9 Å². The molecule has 0 radical (unpaired) electrons. The molecule has 0 fully saturated rings. The highest BCUT2D eigenvalue weighted by molar-refractivity contribution is 5.69. The minimum atomic E-state index is -0.566. The lowest BCUT2D eigenvalue weighted by molar-refractivity contribution is -0.154. The molecule has 0 aromatic heterocycles. The Labute approximate surface area is 290 Å². The molecule has 0 bridgehead atoms. The Balaban J connectivity index is 3.64. The standard InChI is InChI=1S/C43H72O4/c1-3-5-7-9-11-13-15-17-18-19-20-21-22-23-24-25-26-27-28-30-32-34-36-38-43(45)47-42(40-44)41-46-39-37-35-33-31-29-16-14-12-10-8-6-4-2/h5,7,11,13,17-18,20-21,23-24,26-27,30,32,42,44H,3-4,6,8-10,12,14-16,19,22,25,28-29,31,33-41H2,1-2H3/b7-5-,13-11-,18-17-,21-20-,24-23-,27-26-,32-30-. The fraction of sp³-hybridized carbons (Fsp3) is 0.651. The molecule has 1 unspecified atom stereocenters. The first kappa shape index (κ1) is 44.6. The number of aliphatic hydroxyl groups excluding tert-OH is 1. The molecule has 47 heavy (non-hydrogen) atoms. The highest BCUT2D eigenvalue weighted by Gasteiger charge is 2.13. The Morgan fingerprint density at radius 2 is 0.936 bits per heavy atom. The number of hydrogen-bond donors (Lipinski definition) is 1. The van der Waals surface area contributed by atoms with E-state index in [9.17, 15) is 9.90 Å². The summed E-state index contributed by atoms with van der Waals surface area (Å²) in [5.74, 6) is -0.261. The van der Waals surface area contributed by atoms with Crippen LogP contribution >= 0.6 is 0 Å². The van der Waals surface area contributed by atoms with Gasteiger partial charge in [0.1, 0.15) is 6.10 Å². The second-order valence-electron chi connectivity index (χ2n) is 12.3. The van der Waals surface area contributed by atoms with Crippen LogP contribution in [0.3, 0.4) is 0 Å². The summed E-state index contributed by atoms with van der Waals surface area (Å²) in [6.45, 7) is 5.16. The van der Waals surface area contributed by atoms with Crippen molar-refractivity contribution in [1.29, 1.82) is 0 Å². The maximum atomic E-state index is 12.1. The van der Waals surface area contributed by atoms with Gasteiger partial charge in [-0.1, -0.05) is 170 Å². The van der Waals surface area contributed by atoms with Gasteiger partial charge in [0.15, 0.2) is 0 Å². The number of aliphatic hydroxyl groups is 1. The third-order valence-electron chi connectivity index (χ3n) is 7.73. The normalized spacial score (nSPS) is 13.3. The number of allylic oxidation sites excluding steroid dienone is 14. The molecule has 0 aliphatic carbocycles. The zero-order chi connectivity index (χ0) is 34.1. The van der Waals surface area contributed by atoms with Crippen molar-refractivity contribution in [3.05, 3.63) is 85.1 Å². The largest absolute Gasteiger partial charge is 0.457 e. The summed E-state index contributed by atoms with van der Waals surface area (Å²) >= 11 is 0. The third-order valence-corrected chi connectivity index (χ3v) is 7.73. The second-order valence-corrected chi connectivity index (χ2v) is 12.3. The summed E-state index contributed by atoms with van der Waals surface area (Å²) in [5, 5.41) is 9.55. The van der Waals surface area contributed by atoms with Crippen LogP contribution in [0.15, 0.2) is 85.1 Å². The van der Waals surface area contributed by atoms with Crippen molar-refractivity contribution in [2.75, 3.05) is 19.8 Å². The predicted molar refractivity (Wildman–Crippen MR) is 205 cm³/mol. The van der Waals surface area contributed by atoms with Crippen LogP contribution < -0.4 is 0 Å². The lowest BCUT2D eigenvalue weighted by Gasteiger charge is -2.15. The van der Waals surface area contributed by atoms with Crippen molar-refractivity contribution in [2.24, 2.45) is 0 Å². The van der Waals surface area contributed by atoms with Crippen molar-refractivity contribution in [3.8, 4) is 0 Å². The number of unbranched alkanes of at least 4 members (excludes halogenated alkanes) is 12. The molecule has 0 saturated heterocycles. The number of esters is 1. The van der Waals surface area contributed by atoms with E-state index in [-0.39, 0.29) is 19.2 Å². The van der Waals surface area contributed by atoms with E-state index in [0.717, 1.165) is 64.2 Å². The number of rotatable bonds is 34. The van der Waals surface area contributed by atoms with Gasteiger partial charge in [-0.2, -0.15) is 0 Å². The van der Waals surface area contributed by atoms with E-state index >= 15 is 0 Å². The van der Waals surface area contributed by atoms with Crippen LogP contribution in [0.25, 0.3) is 0 Å². The zero-order valence-corrected chi connectivity index (χ0v) is 30.5. The van der Waals surface area contributed by atoms with Gasteiger partial charge in [-0.25, -0.2) is 0 Å². The lowest BCUT2D eigenvalue weighted by atomic mass is 10.1. The molecular weight excluding hydrogens is 580 g/mol. The van der Waals surface area contributed by atoms with Gasteiger partial charge in [-0.15, -0.1) is 0 Å². The smallest absolute Gasteiger partial charge is 0.306 e. The van der Waals surface area contributed by atoms with E-state index in [1.165, 1.54) is 70.6 Å². The SMILES string of the molecule is CC/C=C\C/C=C\C/C=C\C/C=C\C/C=C\C/C=C\C/C=C\CCCC(=O)OC(CO)COCCCCCCCCCCCCCC. The minimum Gasteiger partial charge on any atom is -0.457 e. The van der Waals surface area contributed by atoms with Crippen molar-refractivity contribution >= 4 is 5.97 Å². The molecular formula is C43H72O4. The molecule has 1 N–H and O–H groups in total. The van der Waals surface area contributed by atoms with Crippen molar-refractivity contribution in [3.63, 3.8) is 0 Å². The van der Waals surface area contributed by atoms with Crippen LogP contribution in [-0.2, 0) is 14.3 Å². The monoisotopic (exact) mass is 653 g/mol. The molecule has 0 saturated carbocycles. The predicted octanol–water partition coefficient (Wildman–Crippen LogP) is 12.4. The summed E-state index contributed by atoms with van der Waals surface area (Å²) < 4.78 is 11.1. The van der Waals surface area contributed by atoms with Gasteiger partial charge < -0.3 is 14.6 Å². The Morgan fingerprint density at radius 3 is 1.36 bits per heavy atom. The lowest BCUT2D eigenvalue weighted by Crippen LogP contribution is -2.27. The summed E-state index contributed by atoms with van der Waals surface area (Å²) in [7, 11) is 0. The maximum Gasteiger partial charge on any atom is 0.306 e. The molecule has 0 heterocycles. The Bertz CT molecular complexity index is 861. The van der Waals surface area contributed by atoms with Crippen molar-refractivity contribution in [2.45, 2.75) is 161 Å². The first-order valence-corrected chi connectivity index (χ1v) is 19.2. The van der Waals surface area contributed by atoms with Gasteiger partial charge in [0.25, 0.3) is 0 Å². The Morgan fingerprint density at radius 1 is 0.532 bits per heavy atom. The van der Waals surface area contributed by atoms with Crippen LogP contribution in [0.5, 0.6) is 0 Å². The van der Waals surface area contributed by atoms with E-state index in [4.69, 9.17) is 9.47 Å². The fourth-order valence-corrected chi connectivity index (χ4v) is 4.90. The highest BCUT2D eigenvalue weighted by Crippen LogP contribution is 2.12. The first-order valence-electron chi connectivity index (χ1n) is 19.2. The molecule has 0 aliphatic heterocycles. The molecule has 0 aromatic rings. The van der Waals surface area contributed by atoms with Gasteiger partial charge >= 0.3 is 5.97 Å². The molecule has 1 atom stereocenters. The van der Waals surface area contributed by atoms with Crippen molar-refractivity contribution in [1.82, 2.24) is 0 Å². The molecule has 0 aromatic carbocycles. The molecule has 0 spiro atoms. The average Bonchev–Trinajstić information content (AvgIpc) is 3.08. The van der Waals surface area contributed by atoms with Crippen molar-refractivity contribution < 1.29 is 19.4 Å². The number of hydrogen-bond acceptors (Lipinski definition) is 4. The van der Waals surface area contributed by atoms with Crippen LogP contribution in [0.2, 0.25) is 0 Å². The average molecular weight is 653 g/mol. The van der Waals surface area contributed by atoms with Gasteiger partial charge in [-0.05, 0) is 64.2 Å². The number of carbonyl (C=O) groups is 1. The summed E-state index contributed by atoms with van der Waals surface area (Å²) in [4.78, 5) is 12.1. The molecule has 4 nitrogen and oxygen atoms in total. The van der Waals surface area contributed by atoms with Crippen LogP contribution in [0.4, 0.5) is 0 Å². The summed E-state index contributed by atoms with van der Waals surface area (Å²) in [6, 6.07) is 0. The van der Waals surface area contributed by atoms with Crippen LogP contribution in [-0.4, -0.2) is 37.0 Å². The van der Waals surface area contributed by atoms with Crippen LogP contribution in [0, 0.1) is 0 Å². The summed E-state index contributed by atoms with van der Waals surface area (Å²) in [5.41, 5.74) is 0. The Hall–Kier alpha value is -2.43.